The number of thiol groups is 2. The molecule has 0 aromatic heterocycles. The van der Waals surface area contributed by atoms with Crippen LogP contribution in [-0.4, -0.2) is 203 Å². The molecule has 0 aliphatic rings. The number of phenolic OH excluding ortho intramolecular Hbond substituents is 2. The van der Waals surface area contributed by atoms with Crippen LogP contribution in [0.2, 0.25) is 0 Å². The van der Waals surface area contributed by atoms with E-state index in [9.17, 15) is 62.4 Å². The molecular weight excluding hydrogens is 1660 g/mol. The van der Waals surface area contributed by atoms with Crippen LogP contribution in [0.25, 0.3) is 0 Å². The molecule has 3 unspecified atom stereocenters. The first-order chi connectivity index (χ1) is 56.5. The van der Waals surface area contributed by atoms with E-state index in [0.29, 0.717) is 63.4 Å². The summed E-state index contributed by atoms with van der Waals surface area (Å²) in [5.74, 6) is -6.23. The molecule has 0 bridgehead atoms. The predicted octanol–water partition coefficient (Wildman–Crippen LogP) is 17.2. The van der Waals surface area contributed by atoms with Crippen molar-refractivity contribution in [3.8, 4) is 17.2 Å². The molecule has 6 aromatic rings. The van der Waals surface area contributed by atoms with Crippen LogP contribution in [0, 0.1) is 22.7 Å². The van der Waals surface area contributed by atoms with Crippen LogP contribution in [0.4, 0.5) is 0 Å². The zero-order valence-corrected chi connectivity index (χ0v) is 73.8. The summed E-state index contributed by atoms with van der Waals surface area (Å²) in [6, 6.07) is 23.4. The number of hydrogen-bond donors (Lipinski definition) is 10. The van der Waals surface area contributed by atoms with Gasteiger partial charge in [0.05, 0.1) is 116 Å². The summed E-state index contributed by atoms with van der Waals surface area (Å²) in [5.41, 5.74) is 0.624. The number of rotatable bonds is 33. The van der Waals surface area contributed by atoms with Gasteiger partial charge in [-0.05, 0) is 178 Å². The number of nitroso groups, excluding NO2 is 1. The summed E-state index contributed by atoms with van der Waals surface area (Å²) in [6.07, 6.45) is 13.4. The number of methoxy groups -OCH3 is 5. The number of aromatic carboxylic acids is 5. The number of aliphatic hydroxyl groups excluding tert-OH is 1. The molecule has 8 N–H and O–H groups in total. The van der Waals surface area contributed by atoms with Crippen LogP contribution in [0.15, 0.2) is 129 Å². The number of carbonyl (C=O) groups is 12. The number of aromatic hydroxyl groups is 2. The van der Waals surface area contributed by atoms with Gasteiger partial charge in [0.15, 0.2) is 0 Å². The zero-order chi connectivity index (χ0) is 92.1. The highest BCUT2D eigenvalue weighted by atomic mass is 32.2. The highest BCUT2D eigenvalue weighted by molar-refractivity contribution is 8.00. The molecule has 0 saturated heterocycles. The molecule has 660 valence electrons. The second-order valence-electron chi connectivity index (χ2n) is 26.1. The van der Waals surface area contributed by atoms with Crippen molar-refractivity contribution >= 4 is 144 Å². The normalized spacial score (nSPS) is 10.8. The van der Waals surface area contributed by atoms with Gasteiger partial charge in [-0.3, -0.25) is 0 Å². The number of aliphatic hydroxyl groups is 1. The van der Waals surface area contributed by atoms with Gasteiger partial charge in [0.1, 0.15) is 22.1 Å². The van der Waals surface area contributed by atoms with E-state index in [1.165, 1.54) is 103 Å². The molecule has 31 nitrogen and oxygen atoms in total. The molecule has 3 atom stereocenters. The molecule has 6 rings (SSSR count). The van der Waals surface area contributed by atoms with Gasteiger partial charge in [0.2, 0.25) is 0 Å². The maximum absolute atomic E-state index is 12.5. The van der Waals surface area contributed by atoms with E-state index in [2.05, 4.69) is 114 Å². The van der Waals surface area contributed by atoms with E-state index in [1.807, 2.05) is 0 Å². The van der Waals surface area contributed by atoms with Crippen molar-refractivity contribution < 1.29 is 138 Å². The van der Waals surface area contributed by atoms with Gasteiger partial charge in [0, 0.05) is 36.8 Å². The quantitative estimate of drug-likeness (QED) is 0.00457. The maximum atomic E-state index is 12.5. The molecule has 0 heterocycles. The topological polar surface area (TPSA) is 473 Å². The van der Waals surface area contributed by atoms with Crippen LogP contribution in [0.5, 0.6) is 17.2 Å². The number of thioether (sulfide) groups is 1. The Labute approximate surface area is 725 Å². The number of benzene rings is 6. The smallest absolute Gasteiger partial charge is 0.338 e. The van der Waals surface area contributed by atoms with Crippen molar-refractivity contribution in [3.05, 3.63) is 181 Å². The largest absolute Gasteiger partial charge is 0.508 e. The van der Waals surface area contributed by atoms with Crippen LogP contribution >= 0.6 is 61.5 Å². The number of carbonyl (C=O) groups excluding carboxylic acids is 7. The maximum Gasteiger partial charge on any atom is 0.338 e. The number of esters is 7. The Balaban J connectivity index is -0.00000137. The van der Waals surface area contributed by atoms with Crippen molar-refractivity contribution in [1.29, 1.82) is 0 Å². The fraction of sp³-hybridized carbons (Fsp3) is 0.405. The summed E-state index contributed by atoms with van der Waals surface area (Å²) < 4.78 is 39.3. The minimum absolute atomic E-state index is 0. The van der Waals surface area contributed by atoms with Crippen LogP contribution in [0.1, 0.15) is 258 Å². The van der Waals surface area contributed by atoms with Crippen molar-refractivity contribution in [2.75, 3.05) is 69.5 Å². The van der Waals surface area contributed by atoms with Gasteiger partial charge in [-0.2, -0.15) is 0 Å². The third kappa shape index (κ3) is 44.1. The summed E-state index contributed by atoms with van der Waals surface area (Å²) in [6.45, 7) is 17.3. The predicted molar refractivity (Wildman–Crippen MR) is 465 cm³/mol. The van der Waals surface area contributed by atoms with Gasteiger partial charge < -0.3 is 83.6 Å². The number of phenols is 2. The third-order valence-corrected chi connectivity index (χ3v) is 18.3. The average Bonchev–Trinajstić information content (AvgIpc) is 0.832. The second-order valence-corrected chi connectivity index (χ2v) is 29.1. The lowest BCUT2D eigenvalue weighted by molar-refractivity contribution is 0.0419. The van der Waals surface area contributed by atoms with Gasteiger partial charge >= 0.3 is 71.6 Å². The van der Waals surface area contributed by atoms with E-state index in [4.69, 9.17) is 67.3 Å². The Hall–Kier alpha value is -11.1. The second kappa shape index (κ2) is 60.4. The van der Waals surface area contributed by atoms with Crippen LogP contribution in [0.3, 0.4) is 0 Å². The Morgan fingerprint density at radius 1 is 0.433 bits per heavy atom. The number of ether oxygens (including phenoxy) is 8. The Morgan fingerprint density at radius 3 is 0.950 bits per heavy atom. The fourth-order valence-corrected chi connectivity index (χ4v) is 11.2. The first-order valence-corrected chi connectivity index (χ1v) is 39.7. The number of unbranched alkanes of at least 4 members (excludes halogenated alkanes) is 3. The van der Waals surface area contributed by atoms with Gasteiger partial charge in [-0.15, -0.1) is 30.2 Å². The first-order valence-electron chi connectivity index (χ1n) is 37.0. The average molecular weight is 1770 g/mol. The van der Waals surface area contributed by atoms with Crippen molar-refractivity contribution in [2.45, 2.75) is 152 Å². The molecular formula is C84H110N2O29S5. The standard InChI is InChI=1S/C24H38O4S.2C13H15NO5S.C9H8O5.C8H6O5.C8H6O4S.C8H18O.CH2S.H2/c1-5-9-11-18(7-3)16-27-23(25)20-13-21(15-22(29)14-20)24(26)28-17-19(8-4)12-10-6-2;1-14(2)13(20)19-10-6-8(11(15)17-3)5-9(7-10)12(16)18-4;1-13(2,14-17)20-10-6-8(11(15)18-3)5-9(7-10)12(16)19-4;1-14-9(13)6-2-5(8(11)12)3-7(10)4-6;9-6-2-4(7(10)11)1-5(3-6)8(12)13;9-7(10)4-1-5(8(11)12)3-6(13)2-4;1-3-5-6-8(4-2)7-9;1-2;/h13-15,18-19,29H,5-12,16-17H2,1-4H3;2*5-7H,1-4H3;2-4,10H,1H3,(H,11,12);1-3,9H,(H,10,11)(H,12,13);1-3,13H,(H,9,10)(H,11,12);8-9H,3-7H2,1-2H3;1H2;1H/i;;;;;;;;1+1. The fourth-order valence-electron chi connectivity index (χ4n) is 9.56. The van der Waals surface area contributed by atoms with E-state index in [1.54, 1.807) is 51.0 Å². The minimum Gasteiger partial charge on any atom is -0.508 e. The number of nitrogens with zero attached hydrogens (tertiary/aromatic N) is 2. The van der Waals surface area contributed by atoms with E-state index in [0.717, 1.165) is 112 Å². The summed E-state index contributed by atoms with van der Waals surface area (Å²) >= 11 is 18.2. The molecule has 120 heavy (non-hydrogen) atoms. The van der Waals surface area contributed by atoms with E-state index < -0.39 is 76.5 Å². The molecule has 0 fully saturated rings. The molecule has 0 aliphatic carbocycles. The van der Waals surface area contributed by atoms with Gasteiger partial charge in [0.25, 0.3) is 5.17 Å². The van der Waals surface area contributed by atoms with E-state index in [-0.39, 0.29) is 79.5 Å². The van der Waals surface area contributed by atoms with E-state index >= 15 is 0 Å². The Kier molecular flexibility index (Phi) is 55.9. The molecule has 0 spiro atoms. The van der Waals surface area contributed by atoms with Crippen molar-refractivity contribution in [3.63, 3.8) is 0 Å². The SMILES string of the molecule is C=S.CCCCC(CC)CO.CCCCC(CC)COC(=O)c1cc(S)cc(C(=O)OCC(CC)CCCC)c1.COC(=O)c1cc(O)cc(C(=O)O)c1.COC(=O)c1cc(OC(=S)N(C)C)cc(C(=O)OC)c1.COC(=O)c1cc(SC(C)(C)N=O)cc(C(=O)OC)c1.O=C(O)c1cc(O)cc(C(=O)O)c1.O=C(O)c1cc(S)cc(C(=O)O)c1.[2HH]. The molecule has 36 heteroatoms. The molecule has 0 aliphatic heterocycles. The zero-order valence-electron chi connectivity index (χ0n) is 69.6. The number of carboxylic acids is 5. The molecule has 0 radical (unpaired) electrons. The lowest BCUT2D eigenvalue weighted by Crippen LogP contribution is -2.25. The highest BCUT2D eigenvalue weighted by Crippen LogP contribution is 2.35. The van der Waals surface area contributed by atoms with Crippen LogP contribution in [-0.2, 0) is 33.2 Å². The molecule has 6 aromatic carbocycles. The van der Waals surface area contributed by atoms with Gasteiger partial charge in [-0.1, -0.05) is 128 Å². The number of thiocarbonyl (C=S) groups is 2. The summed E-state index contributed by atoms with van der Waals surface area (Å²) in [4.78, 5) is 148. The van der Waals surface area contributed by atoms with Gasteiger partial charge in [-0.25, -0.2) is 57.5 Å². The monoisotopic (exact) mass is 1770 g/mol. The third-order valence-electron chi connectivity index (χ3n) is 16.2. The number of carboxylic acid groups (broad SMARTS) is 5. The Morgan fingerprint density at radius 2 is 0.683 bits per heavy atom. The lowest BCUT2D eigenvalue weighted by atomic mass is 10.0. The molecule has 0 saturated carbocycles. The summed E-state index contributed by atoms with van der Waals surface area (Å²) in [7, 11) is 9.60. The Bertz CT molecular complexity index is 4130. The lowest BCUT2D eigenvalue weighted by Gasteiger charge is -2.16. The summed E-state index contributed by atoms with van der Waals surface area (Å²) in [5, 5.41) is 72.8. The molecule has 0 amide bonds. The van der Waals surface area contributed by atoms with Crippen molar-refractivity contribution in [1.82, 2.24) is 4.90 Å². The van der Waals surface area contributed by atoms with Crippen molar-refractivity contribution in [2.24, 2.45) is 22.9 Å². The number of hydrogen-bond acceptors (Lipinski definition) is 30. The highest BCUT2D eigenvalue weighted by Gasteiger charge is 2.25. The van der Waals surface area contributed by atoms with Crippen LogP contribution < -0.4 is 4.74 Å². The first kappa shape index (κ1) is 111. The minimum atomic E-state index is -1.28.